The molecule has 0 spiro atoms. The number of likely N-dealkylation sites (N-methyl/N-ethyl adjacent to an activating group) is 2. The minimum Gasteiger partial charge on any atom is -0.494 e. The highest BCUT2D eigenvalue weighted by molar-refractivity contribution is 6.21. The van der Waals surface area contributed by atoms with Gasteiger partial charge in [-0.05, 0) is 49.5 Å². The Labute approximate surface area is 185 Å². The first kappa shape index (κ1) is 21.3. The molecule has 0 aliphatic heterocycles. The zero-order valence-corrected chi connectivity index (χ0v) is 17.8. The summed E-state index contributed by atoms with van der Waals surface area (Å²) in [6.45, 7) is 0.245. The third kappa shape index (κ3) is 4.24. The van der Waals surface area contributed by atoms with E-state index in [-0.39, 0.29) is 18.3 Å². The molecule has 4 aromatic rings. The smallest absolute Gasteiger partial charge is 0.240 e. The maximum absolute atomic E-state index is 13.7. The number of aromatic hydroxyl groups is 1. The highest BCUT2D eigenvalue weighted by atomic mass is 19.1. The number of halogens is 1. The maximum Gasteiger partial charge on any atom is 0.240 e. The van der Waals surface area contributed by atoms with Crippen LogP contribution in [-0.4, -0.2) is 42.3 Å². The van der Waals surface area contributed by atoms with Crippen LogP contribution in [0.3, 0.4) is 0 Å². The number of H-pyrrole nitrogens is 1. The Morgan fingerprint density at radius 1 is 1.09 bits per heavy atom. The van der Waals surface area contributed by atoms with Crippen molar-refractivity contribution in [2.45, 2.75) is 0 Å². The Kier molecular flexibility index (Phi) is 6.00. The molecule has 0 unspecified atom stereocenters. The summed E-state index contributed by atoms with van der Waals surface area (Å²) in [6, 6.07) is 21.1. The molecule has 32 heavy (non-hydrogen) atoms. The van der Waals surface area contributed by atoms with E-state index in [0.717, 1.165) is 11.3 Å². The highest BCUT2D eigenvalue weighted by Gasteiger charge is 2.19. The van der Waals surface area contributed by atoms with E-state index >= 15 is 0 Å². The van der Waals surface area contributed by atoms with E-state index in [9.17, 15) is 14.3 Å². The lowest BCUT2D eigenvalue weighted by atomic mass is 10.0. The number of aromatic amines is 1. The average molecular weight is 430 g/mol. The Bertz CT molecular complexity index is 1280. The molecule has 3 aromatic carbocycles. The van der Waals surface area contributed by atoms with Crippen molar-refractivity contribution in [2.75, 3.05) is 25.5 Å². The van der Waals surface area contributed by atoms with Crippen molar-refractivity contribution in [1.29, 1.82) is 0 Å². The van der Waals surface area contributed by atoms with E-state index < -0.39 is 5.82 Å². The number of aliphatic imine (C=N–C) groups is 1. The lowest BCUT2D eigenvalue weighted by Gasteiger charge is -2.17. The van der Waals surface area contributed by atoms with Gasteiger partial charge in [0.15, 0.2) is 5.88 Å². The van der Waals surface area contributed by atoms with Crippen molar-refractivity contribution < 1.29 is 14.3 Å². The van der Waals surface area contributed by atoms with E-state index in [1.165, 1.54) is 12.1 Å². The van der Waals surface area contributed by atoms with Gasteiger partial charge in [0.1, 0.15) is 5.82 Å². The SMILES string of the molecule is CNCC(=O)N(C)c1ccc(N=C(c2ccccc2)c2c(O)[nH]c3cc(F)ccc23)cc1. The molecular formula is C25H23FN4O2. The van der Waals surface area contributed by atoms with Crippen molar-refractivity contribution in [3.8, 4) is 5.88 Å². The Hall–Kier alpha value is -3.97. The number of anilines is 1. The average Bonchev–Trinajstić information content (AvgIpc) is 3.12. The standard InChI is InChI=1S/C25H23FN4O2/c1-27-15-22(31)30(2)19-11-9-18(10-12-19)28-24(16-6-4-3-5-7-16)23-20-13-8-17(26)14-21(20)29-25(23)32/h3-14,27,29,32H,15H2,1-2H3. The summed E-state index contributed by atoms with van der Waals surface area (Å²) in [5.74, 6) is -0.525. The number of benzene rings is 3. The van der Waals surface area contributed by atoms with Crippen molar-refractivity contribution in [1.82, 2.24) is 10.3 Å². The van der Waals surface area contributed by atoms with Gasteiger partial charge in [-0.15, -0.1) is 0 Å². The molecule has 6 nitrogen and oxygen atoms in total. The summed E-state index contributed by atoms with van der Waals surface area (Å²) in [7, 11) is 3.44. The third-order valence-corrected chi connectivity index (χ3v) is 5.20. The molecule has 3 N–H and O–H groups in total. The van der Waals surface area contributed by atoms with Crippen LogP contribution in [0, 0.1) is 5.82 Å². The number of nitrogens with zero attached hydrogens (tertiary/aromatic N) is 2. The summed E-state index contributed by atoms with van der Waals surface area (Å²) >= 11 is 0. The first-order valence-corrected chi connectivity index (χ1v) is 10.1. The summed E-state index contributed by atoms with van der Waals surface area (Å²) in [5.41, 5.74) is 3.73. The Morgan fingerprint density at radius 2 is 1.81 bits per heavy atom. The first-order valence-electron chi connectivity index (χ1n) is 10.1. The zero-order valence-electron chi connectivity index (χ0n) is 17.8. The quantitative estimate of drug-likeness (QED) is 0.398. The molecular weight excluding hydrogens is 407 g/mol. The summed E-state index contributed by atoms with van der Waals surface area (Å²) in [5, 5.41) is 14.2. The maximum atomic E-state index is 13.7. The lowest BCUT2D eigenvalue weighted by Crippen LogP contribution is -2.33. The van der Waals surface area contributed by atoms with Crippen LogP contribution in [0.5, 0.6) is 5.88 Å². The number of carbonyl (C=O) groups is 1. The Balaban J connectivity index is 1.79. The molecule has 0 fully saturated rings. The van der Waals surface area contributed by atoms with Gasteiger partial charge in [0, 0.05) is 23.7 Å². The number of carbonyl (C=O) groups excluding carboxylic acids is 1. The third-order valence-electron chi connectivity index (χ3n) is 5.20. The first-order chi connectivity index (χ1) is 15.5. The fourth-order valence-corrected chi connectivity index (χ4v) is 3.55. The second kappa shape index (κ2) is 9.03. The summed E-state index contributed by atoms with van der Waals surface area (Å²) < 4.78 is 13.7. The lowest BCUT2D eigenvalue weighted by molar-refractivity contribution is -0.117. The molecule has 0 saturated heterocycles. The van der Waals surface area contributed by atoms with E-state index in [1.54, 1.807) is 25.1 Å². The van der Waals surface area contributed by atoms with Crippen LogP contribution in [0.15, 0.2) is 77.8 Å². The van der Waals surface area contributed by atoms with Crippen LogP contribution < -0.4 is 10.2 Å². The van der Waals surface area contributed by atoms with Crippen molar-refractivity contribution in [2.24, 2.45) is 4.99 Å². The van der Waals surface area contributed by atoms with Crippen LogP contribution in [0.4, 0.5) is 15.8 Å². The van der Waals surface area contributed by atoms with E-state index in [0.29, 0.717) is 27.9 Å². The number of amides is 1. The predicted molar refractivity (Wildman–Crippen MR) is 125 cm³/mol. The minimum absolute atomic E-state index is 0.0512. The van der Waals surface area contributed by atoms with Crippen LogP contribution in [0.2, 0.25) is 0 Å². The molecule has 162 valence electrons. The summed E-state index contributed by atoms with van der Waals surface area (Å²) in [4.78, 5) is 21.3. The molecule has 0 aliphatic rings. The van der Waals surface area contributed by atoms with Crippen molar-refractivity contribution >= 4 is 33.9 Å². The molecule has 7 heteroatoms. The van der Waals surface area contributed by atoms with Crippen LogP contribution in [0.1, 0.15) is 11.1 Å². The fourth-order valence-electron chi connectivity index (χ4n) is 3.55. The van der Waals surface area contributed by atoms with Gasteiger partial charge in [-0.2, -0.15) is 0 Å². The number of nitrogens with one attached hydrogen (secondary N) is 2. The number of fused-ring (bicyclic) bond motifs is 1. The molecule has 1 heterocycles. The van der Waals surface area contributed by atoms with Gasteiger partial charge in [0.25, 0.3) is 0 Å². The largest absolute Gasteiger partial charge is 0.494 e. The van der Waals surface area contributed by atoms with E-state index in [2.05, 4.69) is 10.3 Å². The van der Waals surface area contributed by atoms with Crippen LogP contribution in [-0.2, 0) is 4.79 Å². The monoisotopic (exact) mass is 430 g/mol. The number of aromatic nitrogens is 1. The molecule has 0 atom stereocenters. The second-order valence-electron chi connectivity index (χ2n) is 7.36. The Morgan fingerprint density at radius 3 is 2.50 bits per heavy atom. The predicted octanol–water partition coefficient (Wildman–Crippen LogP) is 4.36. The van der Waals surface area contributed by atoms with Gasteiger partial charge in [-0.1, -0.05) is 30.3 Å². The zero-order chi connectivity index (χ0) is 22.7. The van der Waals surface area contributed by atoms with Crippen molar-refractivity contribution in [3.05, 3.63) is 89.7 Å². The van der Waals surface area contributed by atoms with Gasteiger partial charge < -0.3 is 20.3 Å². The molecule has 0 bridgehead atoms. The molecule has 0 radical (unpaired) electrons. The molecule has 0 aliphatic carbocycles. The van der Waals surface area contributed by atoms with Crippen LogP contribution in [0.25, 0.3) is 10.9 Å². The van der Waals surface area contributed by atoms with Crippen LogP contribution >= 0.6 is 0 Å². The topological polar surface area (TPSA) is 80.7 Å². The van der Waals surface area contributed by atoms with Gasteiger partial charge in [-0.25, -0.2) is 9.38 Å². The van der Waals surface area contributed by atoms with Gasteiger partial charge in [0.2, 0.25) is 5.91 Å². The number of rotatable bonds is 6. The fraction of sp³-hybridized carbons (Fsp3) is 0.120. The molecule has 0 saturated carbocycles. The molecule has 4 rings (SSSR count). The van der Waals surface area contributed by atoms with Gasteiger partial charge in [-0.3, -0.25) is 4.79 Å². The molecule has 1 aromatic heterocycles. The normalized spacial score (nSPS) is 11.7. The van der Waals surface area contributed by atoms with Gasteiger partial charge in [0.05, 0.1) is 29.0 Å². The van der Waals surface area contributed by atoms with Gasteiger partial charge >= 0.3 is 0 Å². The second-order valence-corrected chi connectivity index (χ2v) is 7.36. The number of hydrogen-bond donors (Lipinski definition) is 3. The minimum atomic E-state index is -0.393. The highest BCUT2D eigenvalue weighted by Crippen LogP contribution is 2.32. The summed E-state index contributed by atoms with van der Waals surface area (Å²) in [6.07, 6.45) is 0. The molecule has 1 amide bonds. The van der Waals surface area contributed by atoms with E-state index in [1.807, 2.05) is 54.6 Å². The number of hydrogen-bond acceptors (Lipinski definition) is 4. The van der Waals surface area contributed by atoms with Crippen molar-refractivity contribution in [3.63, 3.8) is 0 Å². The van der Waals surface area contributed by atoms with E-state index in [4.69, 9.17) is 4.99 Å².